The van der Waals surface area contributed by atoms with Gasteiger partial charge in [-0.2, -0.15) is 0 Å². The second-order valence-electron chi connectivity index (χ2n) is 2.91. The number of carboxylic acid groups (broad SMARTS) is 1. The lowest BCUT2D eigenvalue weighted by Crippen LogP contribution is -2.15. The standard InChI is InChI=1S/C10H9ClO4/c1-5-3-4-6(11)9(15-2)7(5)8(12)10(13)14/h3-4H,1-2H3,(H,13,14). The average molecular weight is 229 g/mol. The van der Waals surface area contributed by atoms with E-state index in [1.165, 1.54) is 7.11 Å². The van der Waals surface area contributed by atoms with E-state index in [2.05, 4.69) is 0 Å². The van der Waals surface area contributed by atoms with Gasteiger partial charge in [0.05, 0.1) is 17.7 Å². The van der Waals surface area contributed by atoms with Gasteiger partial charge in [-0.1, -0.05) is 17.7 Å². The van der Waals surface area contributed by atoms with E-state index in [4.69, 9.17) is 21.4 Å². The number of ketones is 1. The summed E-state index contributed by atoms with van der Waals surface area (Å²) >= 11 is 5.78. The number of Topliss-reactive ketones (excluding diaryl/α,β-unsaturated/α-hetero) is 1. The second kappa shape index (κ2) is 4.31. The number of carboxylic acids is 1. The monoisotopic (exact) mass is 228 g/mol. The Balaban J connectivity index is 3.44. The van der Waals surface area contributed by atoms with Gasteiger partial charge >= 0.3 is 5.97 Å². The zero-order valence-corrected chi connectivity index (χ0v) is 8.96. The molecule has 0 saturated heterocycles. The van der Waals surface area contributed by atoms with Crippen LogP contribution in [0.5, 0.6) is 5.75 Å². The molecule has 0 bridgehead atoms. The van der Waals surface area contributed by atoms with Gasteiger partial charge in [-0.25, -0.2) is 4.79 Å². The van der Waals surface area contributed by atoms with Gasteiger partial charge in [-0.3, -0.25) is 4.79 Å². The topological polar surface area (TPSA) is 63.6 Å². The van der Waals surface area contributed by atoms with Crippen molar-refractivity contribution < 1.29 is 19.4 Å². The second-order valence-corrected chi connectivity index (χ2v) is 3.31. The quantitative estimate of drug-likeness (QED) is 0.634. The molecule has 1 aromatic rings. The van der Waals surface area contributed by atoms with Gasteiger partial charge in [0.15, 0.2) is 0 Å². The first kappa shape index (κ1) is 11.5. The Kier molecular flexibility index (Phi) is 3.31. The summed E-state index contributed by atoms with van der Waals surface area (Å²) in [5, 5.41) is 8.84. The van der Waals surface area contributed by atoms with Gasteiger partial charge in [0, 0.05) is 0 Å². The maximum absolute atomic E-state index is 11.4. The SMILES string of the molecule is COc1c(Cl)ccc(C)c1C(=O)C(=O)O. The van der Waals surface area contributed by atoms with Gasteiger partial charge < -0.3 is 9.84 Å². The van der Waals surface area contributed by atoms with Gasteiger partial charge in [-0.15, -0.1) is 0 Å². The zero-order chi connectivity index (χ0) is 11.6. The van der Waals surface area contributed by atoms with Crippen molar-refractivity contribution in [3.63, 3.8) is 0 Å². The number of methoxy groups -OCH3 is 1. The van der Waals surface area contributed by atoms with Crippen molar-refractivity contribution in [2.75, 3.05) is 7.11 Å². The van der Waals surface area contributed by atoms with Crippen LogP contribution in [0.4, 0.5) is 0 Å². The summed E-state index contributed by atoms with van der Waals surface area (Å²) in [6.45, 7) is 1.62. The Bertz CT molecular complexity index is 426. The van der Waals surface area contributed by atoms with Crippen LogP contribution in [0, 0.1) is 6.92 Å². The third-order valence-electron chi connectivity index (χ3n) is 1.94. The minimum Gasteiger partial charge on any atom is -0.494 e. The van der Waals surface area contributed by atoms with Crippen LogP contribution in [-0.2, 0) is 4.79 Å². The fourth-order valence-corrected chi connectivity index (χ4v) is 1.48. The summed E-state index contributed by atoms with van der Waals surface area (Å²) in [6.07, 6.45) is 0. The smallest absolute Gasteiger partial charge is 0.377 e. The maximum atomic E-state index is 11.4. The van der Waals surface area contributed by atoms with Crippen LogP contribution in [0.1, 0.15) is 15.9 Å². The van der Waals surface area contributed by atoms with Gasteiger partial charge in [0.2, 0.25) is 0 Å². The molecule has 15 heavy (non-hydrogen) atoms. The summed E-state index contributed by atoms with van der Waals surface area (Å²) in [5.41, 5.74) is 0.515. The van der Waals surface area contributed by atoms with Crippen molar-refractivity contribution >= 4 is 23.4 Å². The Morgan fingerprint density at radius 3 is 2.47 bits per heavy atom. The van der Waals surface area contributed by atoms with Crippen molar-refractivity contribution in [3.05, 3.63) is 28.3 Å². The molecule has 80 valence electrons. The van der Waals surface area contributed by atoms with E-state index in [0.29, 0.717) is 5.56 Å². The zero-order valence-electron chi connectivity index (χ0n) is 8.20. The Morgan fingerprint density at radius 1 is 1.40 bits per heavy atom. The third-order valence-corrected chi connectivity index (χ3v) is 2.24. The molecule has 0 aromatic heterocycles. The average Bonchev–Trinajstić information content (AvgIpc) is 2.19. The molecule has 1 rings (SSSR count). The highest BCUT2D eigenvalue weighted by molar-refractivity contribution is 6.42. The Morgan fingerprint density at radius 2 is 2.00 bits per heavy atom. The molecule has 0 spiro atoms. The normalized spacial score (nSPS) is 9.80. The Labute approximate surface area is 91.4 Å². The number of carbonyl (C=O) groups excluding carboxylic acids is 1. The minimum absolute atomic E-state index is 0.00231. The maximum Gasteiger partial charge on any atom is 0.377 e. The number of rotatable bonds is 3. The Hall–Kier alpha value is -1.55. The predicted molar refractivity (Wildman–Crippen MR) is 54.7 cm³/mol. The molecule has 0 fully saturated rings. The van der Waals surface area contributed by atoms with Crippen molar-refractivity contribution in [1.29, 1.82) is 0 Å². The molecule has 0 saturated carbocycles. The highest BCUT2D eigenvalue weighted by Gasteiger charge is 2.23. The largest absolute Gasteiger partial charge is 0.494 e. The van der Waals surface area contributed by atoms with E-state index in [9.17, 15) is 9.59 Å². The van der Waals surface area contributed by atoms with Gasteiger partial charge in [0.25, 0.3) is 5.78 Å². The molecule has 1 aromatic carbocycles. The lowest BCUT2D eigenvalue weighted by Gasteiger charge is -2.10. The molecule has 0 aliphatic carbocycles. The number of hydrogen-bond acceptors (Lipinski definition) is 3. The number of hydrogen-bond donors (Lipinski definition) is 1. The summed E-state index contributed by atoms with van der Waals surface area (Å²) in [7, 11) is 1.33. The van der Waals surface area contributed by atoms with Crippen molar-refractivity contribution in [2.24, 2.45) is 0 Å². The molecule has 0 atom stereocenters. The molecule has 0 aliphatic heterocycles. The molecule has 0 heterocycles. The van der Waals surface area contributed by atoms with Crippen LogP contribution in [0.3, 0.4) is 0 Å². The van der Waals surface area contributed by atoms with Crippen LogP contribution < -0.4 is 4.74 Å². The van der Waals surface area contributed by atoms with Crippen molar-refractivity contribution in [3.8, 4) is 5.75 Å². The van der Waals surface area contributed by atoms with E-state index < -0.39 is 11.8 Å². The number of ether oxygens (including phenoxy) is 1. The van der Waals surface area contributed by atoms with E-state index in [1.807, 2.05) is 0 Å². The van der Waals surface area contributed by atoms with E-state index in [0.717, 1.165) is 0 Å². The van der Waals surface area contributed by atoms with Crippen LogP contribution in [0.2, 0.25) is 5.02 Å². The highest BCUT2D eigenvalue weighted by atomic mass is 35.5. The third kappa shape index (κ3) is 2.10. The molecule has 5 heteroatoms. The molecule has 0 radical (unpaired) electrons. The summed E-state index contributed by atoms with van der Waals surface area (Å²) in [4.78, 5) is 21.9. The molecule has 0 amide bonds. The number of benzene rings is 1. The van der Waals surface area contributed by atoms with E-state index in [-0.39, 0.29) is 16.3 Å². The van der Waals surface area contributed by atoms with Crippen molar-refractivity contribution in [1.82, 2.24) is 0 Å². The predicted octanol–water partition coefficient (Wildman–Crippen LogP) is 1.92. The van der Waals surface area contributed by atoms with Gasteiger partial charge in [0.1, 0.15) is 5.75 Å². The van der Waals surface area contributed by atoms with Gasteiger partial charge in [-0.05, 0) is 18.6 Å². The minimum atomic E-state index is -1.53. The summed E-state index contributed by atoms with van der Waals surface area (Å²) in [5.74, 6) is -2.45. The molecular weight excluding hydrogens is 220 g/mol. The van der Waals surface area contributed by atoms with Crippen LogP contribution in [0.15, 0.2) is 12.1 Å². The van der Waals surface area contributed by atoms with Crippen LogP contribution in [0.25, 0.3) is 0 Å². The number of aliphatic carboxylic acids is 1. The van der Waals surface area contributed by atoms with Crippen molar-refractivity contribution in [2.45, 2.75) is 6.92 Å². The summed E-state index contributed by atoms with van der Waals surface area (Å²) < 4.78 is 4.91. The number of aryl methyl sites for hydroxylation is 1. The lowest BCUT2D eigenvalue weighted by atomic mass is 10.0. The fraction of sp³-hybridized carbons (Fsp3) is 0.200. The van der Waals surface area contributed by atoms with E-state index >= 15 is 0 Å². The van der Waals surface area contributed by atoms with Crippen LogP contribution in [-0.4, -0.2) is 24.0 Å². The highest BCUT2D eigenvalue weighted by Crippen LogP contribution is 2.31. The summed E-state index contributed by atoms with van der Waals surface area (Å²) in [6, 6.07) is 3.12. The first-order valence-electron chi connectivity index (χ1n) is 4.09. The molecule has 0 aliphatic rings. The molecule has 1 N–H and O–H groups in total. The molecule has 0 unspecified atom stereocenters. The first-order valence-corrected chi connectivity index (χ1v) is 4.47. The molecule has 4 nitrogen and oxygen atoms in total. The van der Waals surface area contributed by atoms with Crippen LogP contribution >= 0.6 is 11.6 Å². The number of halogens is 1. The lowest BCUT2D eigenvalue weighted by molar-refractivity contribution is -0.131. The fourth-order valence-electron chi connectivity index (χ4n) is 1.24. The van der Waals surface area contributed by atoms with E-state index in [1.54, 1.807) is 19.1 Å². The first-order chi connectivity index (χ1) is 6.99. The number of carbonyl (C=O) groups is 2. The molecular formula is C10H9ClO4.